The largest absolute Gasteiger partial charge is 0.496 e. The maximum Gasteiger partial charge on any atom is 0.168 e. The third-order valence-corrected chi connectivity index (χ3v) is 3.09. The van der Waals surface area contributed by atoms with Crippen LogP contribution in [0.4, 0.5) is 0 Å². The van der Waals surface area contributed by atoms with Gasteiger partial charge in [-0.2, -0.15) is 0 Å². The van der Waals surface area contributed by atoms with Gasteiger partial charge in [-0.1, -0.05) is 6.07 Å². The third kappa shape index (κ3) is 3.10. The molecule has 0 atom stereocenters. The zero-order valence-corrected chi connectivity index (χ0v) is 12.2. The number of benzene rings is 1. The Morgan fingerprint density at radius 1 is 1.28 bits per heavy atom. The van der Waals surface area contributed by atoms with Gasteiger partial charge in [0.05, 0.1) is 12.7 Å². The van der Waals surface area contributed by atoms with E-state index in [2.05, 4.69) is 0 Å². The smallest absolute Gasteiger partial charge is 0.168 e. The van der Waals surface area contributed by atoms with E-state index in [0.717, 1.165) is 16.7 Å². The van der Waals surface area contributed by atoms with Crippen LogP contribution in [0.25, 0.3) is 0 Å². The first-order valence-electron chi connectivity index (χ1n) is 6.14. The number of Topliss-reactive ketones (excluding diaryl/α,β-unsaturated/α-hetero) is 1. The molecule has 3 heteroatoms. The molecule has 0 saturated carbocycles. The molecule has 3 nitrogen and oxygen atoms in total. The number of hydrogen-bond acceptors (Lipinski definition) is 3. The molecular weight excluding hydrogens is 226 g/mol. The highest BCUT2D eigenvalue weighted by atomic mass is 16.5. The van der Waals surface area contributed by atoms with Gasteiger partial charge in [0.1, 0.15) is 5.75 Å². The first-order chi connectivity index (χ1) is 8.17. The predicted molar refractivity (Wildman–Crippen MR) is 74.4 cm³/mol. The minimum Gasteiger partial charge on any atom is -0.496 e. The number of carbonyl (C=O) groups is 1. The first-order valence-corrected chi connectivity index (χ1v) is 6.14. The van der Waals surface area contributed by atoms with E-state index in [1.54, 1.807) is 7.11 Å². The lowest BCUT2D eigenvalue weighted by atomic mass is 9.90. The van der Waals surface area contributed by atoms with Gasteiger partial charge in [-0.3, -0.25) is 4.79 Å². The molecule has 0 unspecified atom stereocenters. The molecule has 0 aliphatic carbocycles. The van der Waals surface area contributed by atoms with Gasteiger partial charge in [0.15, 0.2) is 5.78 Å². The van der Waals surface area contributed by atoms with Crippen LogP contribution in [0.15, 0.2) is 6.07 Å². The number of rotatable bonds is 4. The summed E-state index contributed by atoms with van der Waals surface area (Å²) in [6, 6.07) is 2.02. The molecule has 0 aromatic heterocycles. The van der Waals surface area contributed by atoms with E-state index in [1.807, 2.05) is 40.7 Å². The Kier molecular flexibility index (Phi) is 4.17. The number of carbonyl (C=O) groups excluding carboxylic acids is 1. The molecule has 1 rings (SSSR count). The van der Waals surface area contributed by atoms with Crippen LogP contribution in [-0.2, 0) is 0 Å². The van der Waals surface area contributed by atoms with Gasteiger partial charge in [0, 0.05) is 12.0 Å². The maximum atomic E-state index is 12.4. The van der Waals surface area contributed by atoms with E-state index >= 15 is 0 Å². The molecule has 0 amide bonds. The second kappa shape index (κ2) is 5.11. The normalized spacial score (nSPS) is 11.5. The highest BCUT2D eigenvalue weighted by Gasteiger charge is 2.23. The lowest BCUT2D eigenvalue weighted by molar-refractivity contribution is 0.0956. The maximum absolute atomic E-state index is 12.4. The average Bonchev–Trinajstić information content (AvgIpc) is 2.19. The average molecular weight is 249 g/mol. The third-order valence-electron chi connectivity index (χ3n) is 3.09. The number of ether oxygens (including phenoxy) is 1. The second-order valence-corrected chi connectivity index (χ2v) is 5.63. The van der Waals surface area contributed by atoms with E-state index in [4.69, 9.17) is 10.5 Å². The van der Waals surface area contributed by atoms with Crippen LogP contribution in [0.3, 0.4) is 0 Å². The summed E-state index contributed by atoms with van der Waals surface area (Å²) in [4.78, 5) is 12.4. The molecule has 100 valence electrons. The molecule has 0 bridgehead atoms. The van der Waals surface area contributed by atoms with Crippen molar-refractivity contribution in [2.24, 2.45) is 5.73 Å². The van der Waals surface area contributed by atoms with Gasteiger partial charge >= 0.3 is 0 Å². The SMILES string of the molecule is COc1c(C)c(C)cc(C)c1C(=O)CC(C)(C)N. The summed E-state index contributed by atoms with van der Waals surface area (Å²) < 4.78 is 5.41. The molecule has 0 spiro atoms. The van der Waals surface area contributed by atoms with Crippen molar-refractivity contribution >= 4 is 5.78 Å². The topological polar surface area (TPSA) is 52.3 Å². The quantitative estimate of drug-likeness (QED) is 0.835. The molecule has 0 aliphatic rings. The lowest BCUT2D eigenvalue weighted by Crippen LogP contribution is -2.34. The number of ketones is 1. The van der Waals surface area contributed by atoms with E-state index in [-0.39, 0.29) is 5.78 Å². The van der Waals surface area contributed by atoms with Crippen molar-refractivity contribution in [3.05, 3.63) is 28.3 Å². The Bertz CT molecular complexity index is 470. The van der Waals surface area contributed by atoms with Crippen molar-refractivity contribution < 1.29 is 9.53 Å². The molecule has 0 fully saturated rings. The van der Waals surface area contributed by atoms with Crippen LogP contribution in [0.2, 0.25) is 0 Å². The van der Waals surface area contributed by atoms with Crippen molar-refractivity contribution in [1.82, 2.24) is 0 Å². The summed E-state index contributed by atoms with van der Waals surface area (Å²) in [6.07, 6.45) is 0.312. The van der Waals surface area contributed by atoms with Gasteiger partial charge < -0.3 is 10.5 Å². The molecule has 1 aromatic carbocycles. The zero-order valence-electron chi connectivity index (χ0n) is 12.2. The van der Waals surface area contributed by atoms with Crippen molar-refractivity contribution in [2.75, 3.05) is 7.11 Å². The van der Waals surface area contributed by atoms with Crippen molar-refractivity contribution in [3.63, 3.8) is 0 Å². The Morgan fingerprint density at radius 3 is 2.28 bits per heavy atom. The van der Waals surface area contributed by atoms with E-state index in [1.165, 1.54) is 0 Å². The van der Waals surface area contributed by atoms with Crippen molar-refractivity contribution in [1.29, 1.82) is 0 Å². The Labute approximate surface area is 109 Å². The summed E-state index contributed by atoms with van der Waals surface area (Å²) in [5.74, 6) is 0.724. The van der Waals surface area contributed by atoms with E-state index < -0.39 is 5.54 Å². The van der Waals surface area contributed by atoms with Gasteiger partial charge in [-0.05, 0) is 51.3 Å². The second-order valence-electron chi connectivity index (χ2n) is 5.63. The monoisotopic (exact) mass is 249 g/mol. The zero-order chi connectivity index (χ0) is 14.1. The Balaban J connectivity index is 3.32. The minimum atomic E-state index is -0.507. The van der Waals surface area contributed by atoms with Gasteiger partial charge in [0.25, 0.3) is 0 Å². The summed E-state index contributed by atoms with van der Waals surface area (Å²) in [7, 11) is 1.60. The van der Waals surface area contributed by atoms with Crippen LogP contribution in [0.5, 0.6) is 5.75 Å². The van der Waals surface area contributed by atoms with E-state index in [0.29, 0.717) is 17.7 Å². The lowest BCUT2D eigenvalue weighted by Gasteiger charge is -2.20. The first kappa shape index (κ1) is 14.7. The highest BCUT2D eigenvalue weighted by Crippen LogP contribution is 2.31. The van der Waals surface area contributed by atoms with Crippen LogP contribution in [-0.4, -0.2) is 18.4 Å². The van der Waals surface area contributed by atoms with E-state index in [9.17, 15) is 4.79 Å². The molecule has 2 N–H and O–H groups in total. The van der Waals surface area contributed by atoms with Crippen LogP contribution < -0.4 is 10.5 Å². The molecule has 0 aliphatic heterocycles. The number of aryl methyl sites for hydroxylation is 2. The highest BCUT2D eigenvalue weighted by molar-refractivity contribution is 6.01. The summed E-state index contributed by atoms with van der Waals surface area (Å²) in [6.45, 7) is 9.64. The van der Waals surface area contributed by atoms with Crippen molar-refractivity contribution in [2.45, 2.75) is 46.6 Å². The summed E-state index contributed by atoms with van der Waals surface area (Å²) >= 11 is 0. The fourth-order valence-electron chi connectivity index (χ4n) is 2.15. The van der Waals surface area contributed by atoms with Gasteiger partial charge in [-0.25, -0.2) is 0 Å². The minimum absolute atomic E-state index is 0.0416. The number of hydrogen-bond donors (Lipinski definition) is 1. The fourth-order valence-corrected chi connectivity index (χ4v) is 2.15. The molecular formula is C15H23NO2. The number of methoxy groups -OCH3 is 1. The molecule has 0 heterocycles. The van der Waals surface area contributed by atoms with Crippen LogP contribution in [0.1, 0.15) is 47.3 Å². The molecule has 1 aromatic rings. The molecule has 0 saturated heterocycles. The predicted octanol–water partition coefficient (Wildman–Crippen LogP) is 2.93. The summed E-state index contributed by atoms with van der Waals surface area (Å²) in [5, 5.41) is 0. The standard InChI is InChI=1S/C15H23NO2/c1-9-7-10(2)13(14(18-6)11(9)3)12(17)8-15(4,5)16/h7H,8,16H2,1-6H3. The van der Waals surface area contributed by atoms with Gasteiger partial charge in [0.2, 0.25) is 0 Å². The van der Waals surface area contributed by atoms with Crippen LogP contribution in [0, 0.1) is 20.8 Å². The fraction of sp³-hybridized carbons (Fsp3) is 0.533. The Hall–Kier alpha value is -1.35. The van der Waals surface area contributed by atoms with Crippen molar-refractivity contribution in [3.8, 4) is 5.75 Å². The summed E-state index contributed by atoms with van der Waals surface area (Å²) in [5.41, 5.74) is 9.18. The Morgan fingerprint density at radius 2 is 1.83 bits per heavy atom. The van der Waals surface area contributed by atoms with Gasteiger partial charge in [-0.15, -0.1) is 0 Å². The molecule has 18 heavy (non-hydrogen) atoms. The molecule has 0 radical (unpaired) electrons. The van der Waals surface area contributed by atoms with Crippen LogP contribution >= 0.6 is 0 Å². The number of nitrogens with two attached hydrogens (primary N) is 1.